The van der Waals surface area contributed by atoms with Crippen LogP contribution in [0.5, 0.6) is 0 Å². The van der Waals surface area contributed by atoms with Crippen LogP contribution in [0.25, 0.3) is 23.1 Å². The van der Waals surface area contributed by atoms with Gasteiger partial charge < -0.3 is 4.42 Å². The lowest BCUT2D eigenvalue weighted by Crippen LogP contribution is -2.19. The molecule has 16 heavy (non-hydrogen) atoms. The fourth-order valence-electron chi connectivity index (χ4n) is 1.94. The summed E-state index contributed by atoms with van der Waals surface area (Å²) in [6.07, 6.45) is 10.4. The van der Waals surface area contributed by atoms with Crippen LogP contribution in [-0.4, -0.2) is 0 Å². The summed E-state index contributed by atoms with van der Waals surface area (Å²) in [7, 11) is 0. The minimum Gasteiger partial charge on any atom is -0.456 e. The lowest BCUT2D eigenvalue weighted by molar-refractivity contribution is 0.575. The molecule has 1 heterocycles. The van der Waals surface area contributed by atoms with Gasteiger partial charge in [-0.25, -0.2) is 0 Å². The van der Waals surface area contributed by atoms with Gasteiger partial charge in [-0.15, -0.1) is 0 Å². The van der Waals surface area contributed by atoms with E-state index in [9.17, 15) is 0 Å². The lowest BCUT2D eigenvalue weighted by Gasteiger charge is -1.89. The molecule has 1 aliphatic rings. The van der Waals surface area contributed by atoms with Crippen LogP contribution in [0, 0.1) is 0 Å². The van der Waals surface area contributed by atoms with Gasteiger partial charge in [0, 0.05) is 10.6 Å². The normalized spacial score (nSPS) is 18.7. The Morgan fingerprint density at radius 3 is 2.81 bits per heavy atom. The van der Waals surface area contributed by atoms with Gasteiger partial charge in [-0.1, -0.05) is 48.1 Å². The third-order valence-corrected chi connectivity index (χ3v) is 2.78. The van der Waals surface area contributed by atoms with Gasteiger partial charge in [0.05, 0.1) is 0 Å². The van der Waals surface area contributed by atoms with Crippen LogP contribution >= 0.6 is 0 Å². The van der Waals surface area contributed by atoms with E-state index in [1.807, 2.05) is 24.3 Å². The number of benzene rings is 1. The van der Waals surface area contributed by atoms with Crippen LogP contribution in [0.1, 0.15) is 6.92 Å². The van der Waals surface area contributed by atoms with Crippen molar-refractivity contribution in [3.05, 3.63) is 58.7 Å². The Kier molecular flexibility index (Phi) is 2.03. The van der Waals surface area contributed by atoms with E-state index in [0.717, 1.165) is 16.2 Å². The van der Waals surface area contributed by atoms with Crippen molar-refractivity contribution in [1.29, 1.82) is 0 Å². The van der Waals surface area contributed by atoms with Crippen molar-refractivity contribution in [2.45, 2.75) is 6.92 Å². The predicted molar refractivity (Wildman–Crippen MR) is 67.3 cm³/mol. The molecule has 1 heteroatoms. The summed E-state index contributed by atoms with van der Waals surface area (Å²) in [5.41, 5.74) is 3.11. The highest BCUT2D eigenvalue weighted by molar-refractivity contribution is 5.79. The lowest BCUT2D eigenvalue weighted by atomic mass is 10.1. The summed E-state index contributed by atoms with van der Waals surface area (Å²) in [6, 6.07) is 8.13. The van der Waals surface area contributed by atoms with E-state index >= 15 is 0 Å². The van der Waals surface area contributed by atoms with Crippen LogP contribution < -0.4 is 10.6 Å². The molecule has 0 unspecified atom stereocenters. The van der Waals surface area contributed by atoms with Gasteiger partial charge >= 0.3 is 0 Å². The van der Waals surface area contributed by atoms with Gasteiger partial charge in [-0.2, -0.15) is 0 Å². The molecule has 3 rings (SSSR count). The standard InChI is InChI=1S/C15H12O/c1-11-5-4-7-13-12-6-2-3-8-14(12)16-15(13)10-9-11/h2-10H,1H3/b5-4?,7-4?,10-9?,11-5?,11-9?,13-7-,15-10+. The van der Waals surface area contributed by atoms with Gasteiger partial charge in [0.2, 0.25) is 0 Å². The molecule has 0 saturated carbocycles. The molecule has 0 N–H and O–H groups in total. The molecule has 0 amide bonds. The van der Waals surface area contributed by atoms with Crippen LogP contribution in [0.4, 0.5) is 0 Å². The second-order valence-corrected chi connectivity index (χ2v) is 3.98. The van der Waals surface area contributed by atoms with E-state index in [1.54, 1.807) is 0 Å². The van der Waals surface area contributed by atoms with Crippen molar-refractivity contribution in [2.75, 3.05) is 0 Å². The molecule has 1 nitrogen and oxygen atoms in total. The molecular weight excluding hydrogens is 196 g/mol. The van der Waals surface area contributed by atoms with E-state index in [1.165, 1.54) is 11.0 Å². The zero-order chi connectivity index (χ0) is 11.0. The molecule has 78 valence electrons. The van der Waals surface area contributed by atoms with E-state index in [-0.39, 0.29) is 0 Å². The maximum absolute atomic E-state index is 5.81. The Balaban J connectivity index is 2.49. The first-order valence-corrected chi connectivity index (χ1v) is 5.39. The summed E-state index contributed by atoms with van der Waals surface area (Å²) >= 11 is 0. The highest BCUT2D eigenvalue weighted by atomic mass is 16.3. The Bertz CT molecular complexity index is 711. The molecule has 0 spiro atoms. The molecule has 1 aromatic carbocycles. The highest BCUT2D eigenvalue weighted by Gasteiger charge is 2.01. The molecular formula is C15H12O. The highest BCUT2D eigenvalue weighted by Crippen LogP contribution is 2.07. The van der Waals surface area contributed by atoms with E-state index in [4.69, 9.17) is 4.42 Å². The third-order valence-electron chi connectivity index (χ3n) is 2.78. The van der Waals surface area contributed by atoms with Crippen molar-refractivity contribution in [1.82, 2.24) is 0 Å². The van der Waals surface area contributed by atoms with Crippen molar-refractivity contribution in [2.24, 2.45) is 0 Å². The van der Waals surface area contributed by atoms with Crippen molar-refractivity contribution >= 4 is 23.1 Å². The summed E-state index contributed by atoms with van der Waals surface area (Å²) in [4.78, 5) is 0. The maximum Gasteiger partial charge on any atom is 0.135 e. The van der Waals surface area contributed by atoms with Gasteiger partial charge in [0.25, 0.3) is 0 Å². The quantitative estimate of drug-likeness (QED) is 0.648. The van der Waals surface area contributed by atoms with Crippen LogP contribution in [-0.2, 0) is 0 Å². The van der Waals surface area contributed by atoms with Crippen molar-refractivity contribution in [3.8, 4) is 0 Å². The molecule has 0 bridgehead atoms. The number of hydrogen-bond acceptors (Lipinski definition) is 1. The number of para-hydroxylation sites is 1. The Morgan fingerprint density at radius 1 is 1.00 bits per heavy atom. The molecule has 0 atom stereocenters. The Morgan fingerprint density at radius 2 is 1.88 bits per heavy atom. The first kappa shape index (κ1) is 9.22. The molecule has 1 aromatic heterocycles. The predicted octanol–water partition coefficient (Wildman–Crippen LogP) is 2.51. The fourth-order valence-corrected chi connectivity index (χ4v) is 1.94. The molecule has 1 aliphatic carbocycles. The summed E-state index contributed by atoms with van der Waals surface area (Å²) in [5, 5.41) is 2.34. The van der Waals surface area contributed by atoms with Crippen molar-refractivity contribution in [3.63, 3.8) is 0 Å². The van der Waals surface area contributed by atoms with Gasteiger partial charge in [-0.05, 0) is 19.1 Å². The maximum atomic E-state index is 5.81. The minimum atomic E-state index is 0.935. The summed E-state index contributed by atoms with van der Waals surface area (Å²) < 4.78 is 5.81. The molecule has 0 radical (unpaired) electrons. The number of hydrogen-bond donors (Lipinski definition) is 0. The molecule has 0 fully saturated rings. The number of fused-ring (bicyclic) bond motifs is 3. The topological polar surface area (TPSA) is 13.1 Å². The number of furan rings is 1. The second kappa shape index (κ2) is 3.53. The fraction of sp³-hybridized carbons (Fsp3) is 0.0667. The monoisotopic (exact) mass is 208 g/mol. The average molecular weight is 208 g/mol. The molecule has 0 aliphatic heterocycles. The third kappa shape index (κ3) is 1.41. The molecule has 0 saturated heterocycles. The smallest absolute Gasteiger partial charge is 0.135 e. The summed E-state index contributed by atoms with van der Waals surface area (Å²) in [5.74, 6) is 0. The zero-order valence-electron chi connectivity index (χ0n) is 9.10. The zero-order valence-corrected chi connectivity index (χ0v) is 9.10. The SMILES string of the molecule is CC1=C/C=c2/oc3ccccc3/c2=C/C=C1. The van der Waals surface area contributed by atoms with Gasteiger partial charge in [0.1, 0.15) is 11.0 Å². The number of allylic oxidation sites excluding steroid dienone is 4. The van der Waals surface area contributed by atoms with Gasteiger partial charge in [0.15, 0.2) is 0 Å². The van der Waals surface area contributed by atoms with Crippen LogP contribution in [0.2, 0.25) is 0 Å². The van der Waals surface area contributed by atoms with E-state index < -0.39 is 0 Å². The summed E-state index contributed by atoms with van der Waals surface area (Å²) in [6.45, 7) is 2.08. The van der Waals surface area contributed by atoms with E-state index in [0.29, 0.717) is 0 Å². The van der Waals surface area contributed by atoms with E-state index in [2.05, 4.69) is 37.3 Å². The molecule has 2 aromatic rings. The second-order valence-electron chi connectivity index (χ2n) is 3.98. The largest absolute Gasteiger partial charge is 0.456 e. The average Bonchev–Trinajstić information content (AvgIpc) is 2.62. The minimum absolute atomic E-state index is 0.935. The van der Waals surface area contributed by atoms with Crippen LogP contribution in [0.15, 0.2) is 52.5 Å². The Labute approximate surface area is 93.7 Å². The van der Waals surface area contributed by atoms with Crippen molar-refractivity contribution < 1.29 is 4.42 Å². The first-order valence-electron chi connectivity index (χ1n) is 5.39. The van der Waals surface area contributed by atoms with Gasteiger partial charge in [-0.3, -0.25) is 0 Å². The number of rotatable bonds is 0. The first-order chi connectivity index (χ1) is 7.84. The Hall–Kier alpha value is -2.02. The van der Waals surface area contributed by atoms with Crippen LogP contribution in [0.3, 0.4) is 0 Å².